The average molecular weight is 341 g/mol. The van der Waals surface area contributed by atoms with Gasteiger partial charge in [0.15, 0.2) is 0 Å². The van der Waals surface area contributed by atoms with Crippen LogP contribution in [0.4, 0.5) is 4.79 Å². The van der Waals surface area contributed by atoms with Gasteiger partial charge in [0.1, 0.15) is 0 Å². The molecule has 23 heavy (non-hydrogen) atoms. The molecule has 0 aliphatic carbocycles. The summed E-state index contributed by atoms with van der Waals surface area (Å²) in [5.41, 5.74) is 1.01. The van der Waals surface area contributed by atoms with Crippen LogP contribution < -0.4 is 5.32 Å². The smallest absolute Gasteiger partial charge is 0.317 e. The number of amides is 2. The minimum atomic E-state index is -0.381. The number of aliphatic hydroxyl groups is 1. The second kappa shape index (κ2) is 8.52. The minimum absolute atomic E-state index is 0.0933. The summed E-state index contributed by atoms with van der Waals surface area (Å²) in [5.74, 6) is 0.161. The van der Waals surface area contributed by atoms with Crippen molar-refractivity contribution in [3.63, 3.8) is 0 Å². The molecule has 1 aliphatic heterocycles. The number of aliphatic hydroxyl groups excluding tert-OH is 1. The van der Waals surface area contributed by atoms with E-state index in [0.29, 0.717) is 31.1 Å². The number of rotatable bonds is 6. The highest BCUT2D eigenvalue weighted by molar-refractivity contribution is 6.30. The molecule has 0 bridgehead atoms. The van der Waals surface area contributed by atoms with Crippen LogP contribution >= 0.6 is 11.6 Å². The van der Waals surface area contributed by atoms with Crippen molar-refractivity contribution in [3.8, 4) is 0 Å². The van der Waals surface area contributed by atoms with Crippen LogP contribution in [0, 0.1) is 5.92 Å². The van der Waals surface area contributed by atoms with E-state index in [1.807, 2.05) is 24.3 Å². The molecule has 128 valence electrons. The summed E-state index contributed by atoms with van der Waals surface area (Å²) in [6.45, 7) is 3.62. The van der Waals surface area contributed by atoms with E-state index in [0.717, 1.165) is 12.0 Å². The molecule has 1 aromatic rings. The van der Waals surface area contributed by atoms with Crippen molar-refractivity contribution in [2.45, 2.75) is 31.9 Å². The van der Waals surface area contributed by atoms with Crippen LogP contribution in [0.5, 0.6) is 0 Å². The Hall–Kier alpha value is -1.30. The molecule has 1 heterocycles. The van der Waals surface area contributed by atoms with Crippen LogP contribution in [0.25, 0.3) is 0 Å². The molecule has 3 atom stereocenters. The predicted octanol–water partition coefficient (Wildman–Crippen LogP) is 2.83. The fourth-order valence-corrected chi connectivity index (χ4v) is 2.98. The van der Waals surface area contributed by atoms with Gasteiger partial charge in [-0.25, -0.2) is 4.79 Å². The first-order chi connectivity index (χ1) is 11.0. The lowest BCUT2D eigenvalue weighted by Gasteiger charge is -2.24. The first kappa shape index (κ1) is 18.0. The number of likely N-dealkylation sites (tertiary alicyclic amines) is 1. The van der Waals surface area contributed by atoms with Gasteiger partial charge in [-0.15, -0.1) is 0 Å². The largest absolute Gasteiger partial charge is 0.393 e. The summed E-state index contributed by atoms with van der Waals surface area (Å²) in [6.07, 6.45) is 1.15. The summed E-state index contributed by atoms with van der Waals surface area (Å²) in [5, 5.41) is 13.4. The zero-order chi connectivity index (χ0) is 16.8. The Morgan fingerprint density at radius 3 is 2.74 bits per heavy atom. The third-order valence-electron chi connectivity index (χ3n) is 4.37. The second-order valence-electron chi connectivity index (χ2n) is 6.07. The van der Waals surface area contributed by atoms with Crippen LogP contribution in [-0.2, 0) is 4.74 Å². The standard InChI is InChI=1S/C17H25ClN2O3/c1-12(21)14-7-9-20(11-14)17(22)19-16(8-10-23-2)13-3-5-15(18)6-4-13/h3-6,12,14,16,21H,7-11H2,1-2H3,(H,19,22)/t12-,14-,16+/m1/s1. The first-order valence-electron chi connectivity index (χ1n) is 7.99. The van der Waals surface area contributed by atoms with Crippen molar-refractivity contribution in [3.05, 3.63) is 34.9 Å². The number of ether oxygens (including phenoxy) is 1. The van der Waals surface area contributed by atoms with Gasteiger partial charge in [-0.2, -0.15) is 0 Å². The lowest BCUT2D eigenvalue weighted by Crippen LogP contribution is -2.41. The molecule has 2 N–H and O–H groups in total. The van der Waals surface area contributed by atoms with Gasteiger partial charge in [0.2, 0.25) is 0 Å². The van der Waals surface area contributed by atoms with Gasteiger partial charge >= 0.3 is 6.03 Å². The van der Waals surface area contributed by atoms with Gasteiger partial charge in [-0.3, -0.25) is 0 Å². The van der Waals surface area contributed by atoms with Crippen LogP contribution in [0.2, 0.25) is 5.02 Å². The normalized spacial score (nSPS) is 20.3. The topological polar surface area (TPSA) is 61.8 Å². The highest BCUT2D eigenvalue weighted by Crippen LogP contribution is 2.23. The van der Waals surface area contributed by atoms with Gasteiger partial charge in [0.05, 0.1) is 12.1 Å². The molecule has 0 aromatic heterocycles. The Bertz CT molecular complexity index is 507. The Balaban J connectivity index is 2.00. The van der Waals surface area contributed by atoms with Gasteiger partial charge in [-0.05, 0) is 37.5 Å². The highest BCUT2D eigenvalue weighted by Gasteiger charge is 2.30. The van der Waals surface area contributed by atoms with Crippen molar-refractivity contribution >= 4 is 17.6 Å². The van der Waals surface area contributed by atoms with Crippen molar-refractivity contribution in [2.24, 2.45) is 5.92 Å². The zero-order valence-corrected chi connectivity index (χ0v) is 14.4. The van der Waals surface area contributed by atoms with Gasteiger partial charge < -0.3 is 20.1 Å². The summed E-state index contributed by atoms with van der Waals surface area (Å²) >= 11 is 5.93. The van der Waals surface area contributed by atoms with E-state index in [9.17, 15) is 9.90 Å². The SMILES string of the molecule is COCC[C@H](NC(=O)N1CC[C@@H]([C@@H](C)O)C1)c1ccc(Cl)cc1. The van der Waals surface area contributed by atoms with Gasteiger partial charge in [0.25, 0.3) is 0 Å². The first-order valence-corrected chi connectivity index (χ1v) is 8.37. The fraction of sp³-hybridized carbons (Fsp3) is 0.588. The summed E-state index contributed by atoms with van der Waals surface area (Å²) < 4.78 is 5.15. The molecule has 5 nitrogen and oxygen atoms in total. The molecule has 0 saturated carbocycles. The molecular formula is C17H25ClN2O3. The van der Waals surface area contributed by atoms with Crippen molar-refractivity contribution in [1.82, 2.24) is 10.2 Å². The number of urea groups is 1. The molecule has 0 unspecified atom stereocenters. The number of methoxy groups -OCH3 is 1. The van der Waals surface area contributed by atoms with Crippen LogP contribution in [0.3, 0.4) is 0 Å². The monoisotopic (exact) mass is 340 g/mol. The molecule has 1 aromatic carbocycles. The molecule has 2 amide bonds. The van der Waals surface area contributed by atoms with E-state index in [4.69, 9.17) is 16.3 Å². The Morgan fingerprint density at radius 2 is 2.17 bits per heavy atom. The lowest BCUT2D eigenvalue weighted by atomic mass is 10.0. The molecular weight excluding hydrogens is 316 g/mol. The molecule has 1 aliphatic rings. The van der Waals surface area contributed by atoms with E-state index >= 15 is 0 Å². The average Bonchev–Trinajstić information content (AvgIpc) is 3.02. The zero-order valence-electron chi connectivity index (χ0n) is 13.7. The van der Waals surface area contributed by atoms with Crippen molar-refractivity contribution < 1.29 is 14.6 Å². The van der Waals surface area contributed by atoms with Gasteiger partial charge in [-0.1, -0.05) is 23.7 Å². The number of nitrogens with one attached hydrogen (secondary N) is 1. The molecule has 1 saturated heterocycles. The van der Waals surface area contributed by atoms with Crippen molar-refractivity contribution in [2.75, 3.05) is 26.8 Å². The maximum atomic E-state index is 12.5. The quantitative estimate of drug-likeness (QED) is 0.837. The Labute approximate surface area is 142 Å². The summed E-state index contributed by atoms with van der Waals surface area (Å²) in [7, 11) is 1.65. The number of nitrogens with zero attached hydrogens (tertiary/aromatic N) is 1. The Morgan fingerprint density at radius 1 is 1.48 bits per heavy atom. The van der Waals surface area contributed by atoms with Crippen LogP contribution in [0.15, 0.2) is 24.3 Å². The summed E-state index contributed by atoms with van der Waals surface area (Å²) in [6, 6.07) is 7.27. The number of benzene rings is 1. The summed E-state index contributed by atoms with van der Waals surface area (Å²) in [4.78, 5) is 14.3. The minimum Gasteiger partial charge on any atom is -0.393 e. The molecule has 0 radical (unpaired) electrons. The Kier molecular flexibility index (Phi) is 6.69. The maximum Gasteiger partial charge on any atom is 0.317 e. The molecule has 0 spiro atoms. The predicted molar refractivity (Wildman–Crippen MR) is 90.6 cm³/mol. The highest BCUT2D eigenvalue weighted by atomic mass is 35.5. The lowest BCUT2D eigenvalue weighted by molar-refractivity contribution is 0.128. The van der Waals surface area contributed by atoms with E-state index in [2.05, 4.69) is 5.32 Å². The van der Waals surface area contributed by atoms with E-state index in [-0.39, 0.29) is 24.1 Å². The molecule has 2 rings (SSSR count). The third kappa shape index (κ3) is 5.09. The second-order valence-corrected chi connectivity index (χ2v) is 6.51. The fourth-order valence-electron chi connectivity index (χ4n) is 2.86. The number of carbonyl (C=O) groups excluding carboxylic acids is 1. The maximum absolute atomic E-state index is 12.5. The number of hydrogen-bond acceptors (Lipinski definition) is 3. The van der Waals surface area contributed by atoms with Crippen LogP contribution in [0.1, 0.15) is 31.4 Å². The number of hydrogen-bond donors (Lipinski definition) is 2. The van der Waals surface area contributed by atoms with E-state index in [1.165, 1.54) is 0 Å². The third-order valence-corrected chi connectivity index (χ3v) is 4.63. The van der Waals surface area contributed by atoms with Gasteiger partial charge in [0, 0.05) is 37.7 Å². The number of carbonyl (C=O) groups is 1. The van der Waals surface area contributed by atoms with E-state index in [1.54, 1.807) is 18.9 Å². The van der Waals surface area contributed by atoms with Crippen molar-refractivity contribution in [1.29, 1.82) is 0 Å². The van der Waals surface area contributed by atoms with E-state index < -0.39 is 0 Å². The van der Waals surface area contributed by atoms with Crippen LogP contribution in [-0.4, -0.2) is 48.9 Å². The molecule has 1 fully saturated rings. The molecule has 6 heteroatoms. The number of halogens is 1.